The normalized spacial score (nSPS) is 17.6. The Morgan fingerprint density at radius 3 is 2.84 bits per heavy atom. The Morgan fingerprint density at radius 2 is 2.16 bits per heavy atom. The number of amides is 1. The molecule has 1 amide bonds. The predicted octanol–water partition coefficient (Wildman–Crippen LogP) is 2.68. The fourth-order valence-electron chi connectivity index (χ4n) is 4.03. The Kier molecular flexibility index (Phi) is 5.01. The molecule has 1 aliphatic rings. The van der Waals surface area contributed by atoms with Gasteiger partial charge < -0.3 is 9.73 Å². The van der Waals surface area contributed by atoms with Crippen molar-refractivity contribution in [2.24, 2.45) is 0 Å². The van der Waals surface area contributed by atoms with Crippen molar-refractivity contribution in [2.75, 3.05) is 11.5 Å². The van der Waals surface area contributed by atoms with Crippen LogP contribution in [0.25, 0.3) is 22.5 Å². The van der Waals surface area contributed by atoms with Gasteiger partial charge in [-0.2, -0.15) is 5.10 Å². The average molecular weight is 452 g/mol. The molecule has 4 aromatic heterocycles. The van der Waals surface area contributed by atoms with Gasteiger partial charge in [-0.25, -0.2) is 18.1 Å². The van der Waals surface area contributed by atoms with Crippen LogP contribution in [0.15, 0.2) is 53.3 Å². The fraction of sp³-hybridized carbons (Fsp3) is 0.273. The zero-order valence-electron chi connectivity index (χ0n) is 17.4. The van der Waals surface area contributed by atoms with Gasteiger partial charge in [0, 0.05) is 6.20 Å². The van der Waals surface area contributed by atoms with Crippen molar-refractivity contribution in [2.45, 2.75) is 25.9 Å². The third kappa shape index (κ3) is 3.77. The Labute approximate surface area is 184 Å². The highest BCUT2D eigenvalue weighted by atomic mass is 32.2. The monoisotopic (exact) mass is 451 g/mol. The van der Waals surface area contributed by atoms with E-state index >= 15 is 0 Å². The first-order valence-electron chi connectivity index (χ1n) is 10.2. The third-order valence-electron chi connectivity index (χ3n) is 5.57. The van der Waals surface area contributed by atoms with Crippen molar-refractivity contribution >= 4 is 26.8 Å². The summed E-state index contributed by atoms with van der Waals surface area (Å²) in [4.78, 5) is 22.2. The van der Waals surface area contributed by atoms with E-state index in [1.54, 1.807) is 36.0 Å². The number of carbonyl (C=O) groups is 1. The number of hydrogen-bond donors (Lipinski definition) is 1. The van der Waals surface area contributed by atoms with Crippen LogP contribution in [0.3, 0.4) is 0 Å². The van der Waals surface area contributed by atoms with Crippen LogP contribution in [0.4, 0.5) is 0 Å². The maximum absolute atomic E-state index is 13.2. The number of rotatable bonds is 5. The van der Waals surface area contributed by atoms with Crippen LogP contribution >= 0.6 is 0 Å². The summed E-state index contributed by atoms with van der Waals surface area (Å²) in [6.07, 6.45) is 3.67. The number of aryl methyl sites for hydroxylation is 1. The van der Waals surface area contributed by atoms with Gasteiger partial charge in [0.05, 0.1) is 52.7 Å². The van der Waals surface area contributed by atoms with E-state index < -0.39 is 9.84 Å². The van der Waals surface area contributed by atoms with E-state index in [9.17, 15) is 13.2 Å². The zero-order chi connectivity index (χ0) is 22.3. The van der Waals surface area contributed by atoms with Crippen molar-refractivity contribution in [1.82, 2.24) is 25.1 Å². The maximum atomic E-state index is 13.2. The van der Waals surface area contributed by atoms with Crippen molar-refractivity contribution < 1.29 is 17.6 Å². The summed E-state index contributed by atoms with van der Waals surface area (Å²) >= 11 is 0. The van der Waals surface area contributed by atoms with Crippen LogP contribution in [0.1, 0.15) is 34.2 Å². The van der Waals surface area contributed by atoms with E-state index in [1.807, 2.05) is 18.2 Å². The minimum Gasteiger partial charge on any atom is -0.463 e. The Hall–Kier alpha value is -3.53. The Bertz CT molecular complexity index is 1400. The lowest BCUT2D eigenvalue weighted by molar-refractivity contribution is 0.0952. The van der Waals surface area contributed by atoms with Crippen LogP contribution in [-0.4, -0.2) is 45.6 Å². The quantitative estimate of drug-likeness (QED) is 0.495. The molecule has 1 unspecified atom stereocenters. The molecule has 4 aromatic rings. The predicted molar refractivity (Wildman–Crippen MR) is 118 cm³/mol. The molecule has 0 bridgehead atoms. The zero-order valence-corrected chi connectivity index (χ0v) is 18.2. The van der Waals surface area contributed by atoms with E-state index in [4.69, 9.17) is 9.40 Å². The molecule has 1 N–H and O–H groups in total. The van der Waals surface area contributed by atoms with Crippen LogP contribution < -0.4 is 5.32 Å². The molecule has 1 fully saturated rings. The molecule has 0 radical (unpaired) electrons. The summed E-state index contributed by atoms with van der Waals surface area (Å²) in [5, 5.41) is 8.09. The molecule has 5 heterocycles. The van der Waals surface area contributed by atoms with Crippen LogP contribution in [0, 0.1) is 6.92 Å². The number of pyridine rings is 2. The number of aromatic nitrogens is 4. The molecule has 9 nitrogen and oxygen atoms in total. The minimum atomic E-state index is -3.12. The van der Waals surface area contributed by atoms with Gasteiger partial charge in [-0.3, -0.25) is 9.78 Å². The topological polar surface area (TPSA) is 120 Å². The molecule has 0 aliphatic carbocycles. The summed E-state index contributed by atoms with van der Waals surface area (Å²) in [6.45, 7) is 2.07. The average Bonchev–Trinajstić information content (AvgIpc) is 3.51. The van der Waals surface area contributed by atoms with Gasteiger partial charge in [-0.15, -0.1) is 0 Å². The number of furan rings is 1. The van der Waals surface area contributed by atoms with Crippen molar-refractivity contribution in [1.29, 1.82) is 0 Å². The molecule has 32 heavy (non-hydrogen) atoms. The largest absolute Gasteiger partial charge is 0.463 e. The number of fused-ring (bicyclic) bond motifs is 1. The Balaban J connectivity index is 1.60. The highest BCUT2D eigenvalue weighted by Gasteiger charge is 2.32. The molecule has 5 rings (SSSR count). The van der Waals surface area contributed by atoms with Gasteiger partial charge in [0.2, 0.25) is 0 Å². The second kappa shape index (κ2) is 7.86. The van der Waals surface area contributed by atoms with Crippen LogP contribution in [0.2, 0.25) is 0 Å². The van der Waals surface area contributed by atoms with Gasteiger partial charge in [-0.1, -0.05) is 6.07 Å². The molecule has 1 saturated heterocycles. The molecule has 0 saturated carbocycles. The standard InChI is InChI=1S/C22H21N5O4S/c1-14-20-17(22(28)24-12-15-5-2-3-8-23-15)11-18(19-6-4-9-31-19)25-21(20)27(26-14)16-7-10-32(29,30)13-16/h2-6,8-9,11,16H,7,10,12-13H2,1H3,(H,24,28). The summed E-state index contributed by atoms with van der Waals surface area (Å²) in [5.74, 6) is 0.345. The summed E-state index contributed by atoms with van der Waals surface area (Å²) in [7, 11) is -3.12. The van der Waals surface area contributed by atoms with E-state index in [0.717, 1.165) is 5.69 Å². The number of hydrogen-bond acceptors (Lipinski definition) is 7. The molecular formula is C22H21N5O4S. The highest BCUT2D eigenvalue weighted by molar-refractivity contribution is 7.91. The molecule has 164 valence electrons. The van der Waals surface area contributed by atoms with E-state index in [1.165, 1.54) is 6.26 Å². The van der Waals surface area contributed by atoms with Crippen molar-refractivity contribution in [3.8, 4) is 11.5 Å². The lowest BCUT2D eigenvalue weighted by Crippen LogP contribution is -2.24. The molecular weight excluding hydrogens is 430 g/mol. The summed E-state index contributed by atoms with van der Waals surface area (Å²) in [5.41, 5.74) is 2.71. The number of sulfone groups is 1. The van der Waals surface area contributed by atoms with E-state index in [0.29, 0.717) is 40.2 Å². The molecule has 0 spiro atoms. The van der Waals surface area contributed by atoms with Crippen LogP contribution in [-0.2, 0) is 16.4 Å². The summed E-state index contributed by atoms with van der Waals surface area (Å²) in [6, 6.07) is 10.4. The van der Waals surface area contributed by atoms with Crippen molar-refractivity contribution in [3.05, 3.63) is 65.8 Å². The number of nitrogens with zero attached hydrogens (tertiary/aromatic N) is 4. The second-order valence-electron chi connectivity index (χ2n) is 7.82. The van der Waals surface area contributed by atoms with Crippen LogP contribution in [0.5, 0.6) is 0 Å². The smallest absolute Gasteiger partial charge is 0.252 e. The first kappa shape index (κ1) is 20.4. The van der Waals surface area contributed by atoms with E-state index in [-0.39, 0.29) is 30.0 Å². The van der Waals surface area contributed by atoms with E-state index in [2.05, 4.69) is 15.4 Å². The lowest BCUT2D eigenvalue weighted by Gasteiger charge is -2.11. The SMILES string of the molecule is Cc1nn(C2CCS(=O)(=O)C2)c2nc(-c3ccco3)cc(C(=O)NCc3ccccn3)c12. The first-order valence-corrected chi connectivity index (χ1v) is 12.1. The van der Waals surface area contributed by atoms with Gasteiger partial charge in [-0.05, 0) is 43.7 Å². The molecule has 1 atom stereocenters. The lowest BCUT2D eigenvalue weighted by atomic mass is 10.1. The van der Waals surface area contributed by atoms with Crippen molar-refractivity contribution in [3.63, 3.8) is 0 Å². The fourth-order valence-corrected chi connectivity index (χ4v) is 5.73. The molecule has 1 aliphatic heterocycles. The summed E-state index contributed by atoms with van der Waals surface area (Å²) < 4.78 is 31.3. The maximum Gasteiger partial charge on any atom is 0.252 e. The second-order valence-corrected chi connectivity index (χ2v) is 10.1. The van der Waals surface area contributed by atoms with Gasteiger partial charge in [0.1, 0.15) is 5.69 Å². The molecule has 0 aromatic carbocycles. The Morgan fingerprint density at radius 1 is 1.28 bits per heavy atom. The van der Waals surface area contributed by atoms with Gasteiger partial charge in [0.25, 0.3) is 5.91 Å². The van der Waals surface area contributed by atoms with Gasteiger partial charge in [0.15, 0.2) is 21.2 Å². The van der Waals surface area contributed by atoms with Gasteiger partial charge >= 0.3 is 0 Å². The first-order chi connectivity index (χ1) is 15.4. The minimum absolute atomic E-state index is 0.0110. The highest BCUT2D eigenvalue weighted by Crippen LogP contribution is 2.32. The number of carbonyl (C=O) groups excluding carboxylic acids is 1. The number of nitrogens with one attached hydrogen (secondary N) is 1. The molecule has 10 heteroatoms. The third-order valence-corrected chi connectivity index (χ3v) is 7.32.